The van der Waals surface area contributed by atoms with Gasteiger partial charge in [0.2, 0.25) is 5.91 Å². The van der Waals surface area contributed by atoms with E-state index in [1.54, 1.807) is 11.8 Å². The number of nitrogens with one attached hydrogen (secondary N) is 1. The van der Waals surface area contributed by atoms with E-state index in [2.05, 4.69) is 5.32 Å². The summed E-state index contributed by atoms with van der Waals surface area (Å²) in [5.41, 5.74) is -0.920. The van der Waals surface area contributed by atoms with Gasteiger partial charge in [0.15, 0.2) is 0 Å². The highest BCUT2D eigenvalue weighted by Crippen LogP contribution is 2.27. The molecule has 1 aliphatic heterocycles. The van der Waals surface area contributed by atoms with E-state index in [-0.39, 0.29) is 18.6 Å². The third kappa shape index (κ3) is 5.63. The molecular formula is C15H28N2O4. The van der Waals surface area contributed by atoms with Gasteiger partial charge in [-0.3, -0.25) is 14.5 Å². The van der Waals surface area contributed by atoms with Crippen molar-refractivity contribution in [1.29, 1.82) is 0 Å². The highest BCUT2D eigenvalue weighted by Gasteiger charge is 2.41. The van der Waals surface area contributed by atoms with E-state index >= 15 is 0 Å². The van der Waals surface area contributed by atoms with E-state index in [4.69, 9.17) is 4.74 Å². The molecule has 1 unspecified atom stereocenters. The van der Waals surface area contributed by atoms with Crippen LogP contribution in [0.15, 0.2) is 0 Å². The van der Waals surface area contributed by atoms with Gasteiger partial charge in [-0.25, -0.2) is 0 Å². The van der Waals surface area contributed by atoms with Crippen LogP contribution in [0.1, 0.15) is 46.5 Å². The summed E-state index contributed by atoms with van der Waals surface area (Å²) in [5, 5.41) is 12.2. The molecule has 0 aliphatic carbocycles. The Morgan fingerprint density at radius 2 is 2.10 bits per heavy atom. The molecule has 1 fully saturated rings. The minimum Gasteiger partial charge on any atom is -0.480 e. The highest BCUT2D eigenvalue weighted by molar-refractivity contribution is 5.82. The Balaban J connectivity index is 2.33. The number of aliphatic carboxylic acids is 1. The van der Waals surface area contributed by atoms with Crippen molar-refractivity contribution >= 4 is 11.9 Å². The minimum atomic E-state index is -0.920. The molecule has 1 heterocycles. The van der Waals surface area contributed by atoms with Crippen molar-refractivity contribution in [2.24, 2.45) is 0 Å². The molecule has 1 atom stereocenters. The zero-order valence-electron chi connectivity index (χ0n) is 13.4. The SMILES string of the molecule is CC(C)OCCCNC(=O)CN1CCCCC1(C)C(=O)O. The van der Waals surface area contributed by atoms with Crippen LogP contribution in [0.2, 0.25) is 0 Å². The van der Waals surface area contributed by atoms with Crippen molar-refractivity contribution in [3.05, 3.63) is 0 Å². The van der Waals surface area contributed by atoms with E-state index in [1.165, 1.54) is 0 Å². The number of piperidine rings is 1. The normalized spacial score (nSPS) is 23.2. The predicted octanol–water partition coefficient (Wildman–Crippen LogP) is 1.25. The Labute approximate surface area is 126 Å². The second-order valence-electron chi connectivity index (χ2n) is 6.08. The van der Waals surface area contributed by atoms with Crippen LogP contribution in [-0.2, 0) is 14.3 Å². The van der Waals surface area contributed by atoms with Crippen molar-refractivity contribution in [3.8, 4) is 0 Å². The molecule has 0 radical (unpaired) electrons. The molecule has 6 heteroatoms. The molecule has 0 aromatic rings. The number of ether oxygens (including phenoxy) is 1. The fourth-order valence-electron chi connectivity index (χ4n) is 2.52. The van der Waals surface area contributed by atoms with Crippen LogP contribution < -0.4 is 5.32 Å². The Bertz CT molecular complexity index is 360. The summed E-state index contributed by atoms with van der Waals surface area (Å²) in [6.45, 7) is 7.64. The van der Waals surface area contributed by atoms with Crippen LogP contribution in [-0.4, -0.2) is 59.8 Å². The van der Waals surface area contributed by atoms with Crippen LogP contribution in [0.25, 0.3) is 0 Å². The summed E-state index contributed by atoms with van der Waals surface area (Å²) >= 11 is 0. The van der Waals surface area contributed by atoms with Crippen LogP contribution >= 0.6 is 0 Å². The van der Waals surface area contributed by atoms with Gasteiger partial charge in [-0.2, -0.15) is 0 Å². The van der Waals surface area contributed by atoms with Crippen molar-refractivity contribution in [1.82, 2.24) is 10.2 Å². The second kappa shape index (κ2) is 8.34. The molecular weight excluding hydrogens is 272 g/mol. The lowest BCUT2D eigenvalue weighted by Crippen LogP contribution is -2.57. The first-order valence-electron chi connectivity index (χ1n) is 7.73. The summed E-state index contributed by atoms with van der Waals surface area (Å²) in [6, 6.07) is 0. The first-order chi connectivity index (χ1) is 9.86. The number of carboxylic acids is 1. The van der Waals surface area contributed by atoms with Gasteiger partial charge < -0.3 is 15.2 Å². The number of carbonyl (C=O) groups is 2. The number of hydrogen-bond acceptors (Lipinski definition) is 4. The summed E-state index contributed by atoms with van der Waals surface area (Å²) in [5.74, 6) is -0.964. The first-order valence-corrected chi connectivity index (χ1v) is 7.73. The summed E-state index contributed by atoms with van der Waals surface area (Å²) in [4.78, 5) is 25.1. The van der Waals surface area contributed by atoms with Crippen LogP contribution in [0.5, 0.6) is 0 Å². The first kappa shape index (κ1) is 17.9. The Hall–Kier alpha value is -1.14. The molecule has 1 saturated heterocycles. The minimum absolute atomic E-state index is 0.117. The van der Waals surface area contributed by atoms with Gasteiger partial charge in [0.05, 0.1) is 12.6 Å². The molecule has 0 aromatic carbocycles. The highest BCUT2D eigenvalue weighted by atomic mass is 16.5. The lowest BCUT2D eigenvalue weighted by atomic mass is 9.88. The zero-order chi connectivity index (χ0) is 15.9. The number of rotatable bonds is 8. The van der Waals surface area contributed by atoms with Gasteiger partial charge in [0, 0.05) is 13.2 Å². The number of carboxylic acid groups (broad SMARTS) is 1. The summed E-state index contributed by atoms with van der Waals surface area (Å²) in [7, 11) is 0. The third-order valence-corrected chi connectivity index (χ3v) is 3.93. The lowest BCUT2D eigenvalue weighted by molar-refractivity contribution is -0.153. The Morgan fingerprint density at radius 3 is 2.71 bits per heavy atom. The van der Waals surface area contributed by atoms with Crippen LogP contribution in [0, 0.1) is 0 Å². The Kier molecular flexibility index (Phi) is 7.11. The molecule has 0 bridgehead atoms. The van der Waals surface area contributed by atoms with Gasteiger partial charge in [-0.1, -0.05) is 0 Å². The maximum atomic E-state index is 11.9. The van der Waals surface area contributed by atoms with E-state index in [0.717, 1.165) is 19.3 Å². The molecule has 2 N–H and O–H groups in total. The standard InChI is InChI=1S/C15H28N2O4/c1-12(2)21-10-6-8-16-13(18)11-17-9-5-4-7-15(17,3)14(19)20/h12H,4-11H2,1-3H3,(H,16,18)(H,19,20). The summed E-state index contributed by atoms with van der Waals surface area (Å²) in [6.07, 6.45) is 3.40. The maximum absolute atomic E-state index is 11.9. The van der Waals surface area contributed by atoms with E-state index < -0.39 is 11.5 Å². The molecule has 21 heavy (non-hydrogen) atoms. The van der Waals surface area contributed by atoms with Gasteiger partial charge >= 0.3 is 5.97 Å². The maximum Gasteiger partial charge on any atom is 0.323 e. The van der Waals surface area contributed by atoms with Crippen molar-refractivity contribution < 1.29 is 19.4 Å². The molecule has 0 spiro atoms. The third-order valence-electron chi connectivity index (χ3n) is 3.93. The molecule has 122 valence electrons. The van der Waals surface area contributed by atoms with E-state index in [0.29, 0.717) is 26.1 Å². The fraction of sp³-hybridized carbons (Fsp3) is 0.867. The molecule has 1 aliphatic rings. The number of nitrogens with zero attached hydrogens (tertiary/aromatic N) is 1. The predicted molar refractivity (Wildman–Crippen MR) is 80.2 cm³/mol. The van der Waals surface area contributed by atoms with Crippen LogP contribution in [0.3, 0.4) is 0 Å². The second-order valence-corrected chi connectivity index (χ2v) is 6.08. The molecule has 6 nitrogen and oxygen atoms in total. The molecule has 0 aromatic heterocycles. The molecule has 1 rings (SSSR count). The lowest BCUT2D eigenvalue weighted by Gasteiger charge is -2.41. The average molecular weight is 300 g/mol. The van der Waals surface area contributed by atoms with Crippen molar-refractivity contribution in [2.45, 2.75) is 58.1 Å². The van der Waals surface area contributed by atoms with E-state index in [9.17, 15) is 14.7 Å². The summed E-state index contributed by atoms with van der Waals surface area (Å²) < 4.78 is 5.40. The zero-order valence-corrected chi connectivity index (χ0v) is 13.4. The fourth-order valence-corrected chi connectivity index (χ4v) is 2.52. The van der Waals surface area contributed by atoms with Gasteiger partial charge in [-0.15, -0.1) is 0 Å². The number of likely N-dealkylation sites (tertiary alicyclic amines) is 1. The van der Waals surface area contributed by atoms with Crippen molar-refractivity contribution in [2.75, 3.05) is 26.2 Å². The number of amides is 1. The Morgan fingerprint density at radius 1 is 1.38 bits per heavy atom. The number of carbonyl (C=O) groups excluding carboxylic acids is 1. The molecule has 0 saturated carbocycles. The number of hydrogen-bond donors (Lipinski definition) is 2. The van der Waals surface area contributed by atoms with Gasteiger partial charge in [0.1, 0.15) is 5.54 Å². The van der Waals surface area contributed by atoms with E-state index in [1.807, 2.05) is 13.8 Å². The van der Waals surface area contributed by atoms with Crippen LogP contribution in [0.4, 0.5) is 0 Å². The van der Waals surface area contributed by atoms with Gasteiger partial charge in [-0.05, 0) is 53.0 Å². The largest absolute Gasteiger partial charge is 0.480 e. The topological polar surface area (TPSA) is 78.9 Å². The quantitative estimate of drug-likeness (QED) is 0.660. The monoisotopic (exact) mass is 300 g/mol. The van der Waals surface area contributed by atoms with Gasteiger partial charge in [0.25, 0.3) is 0 Å². The van der Waals surface area contributed by atoms with Crippen molar-refractivity contribution in [3.63, 3.8) is 0 Å². The smallest absolute Gasteiger partial charge is 0.323 e. The molecule has 1 amide bonds. The average Bonchev–Trinajstić information content (AvgIpc) is 2.40.